The Balaban J connectivity index is 1.67. The van der Waals surface area contributed by atoms with E-state index in [2.05, 4.69) is 48.3 Å². The maximum atomic E-state index is 10.7. The summed E-state index contributed by atoms with van der Waals surface area (Å²) in [4.78, 5) is 12.7. The summed E-state index contributed by atoms with van der Waals surface area (Å²) in [5.74, 6) is 0. The average Bonchev–Trinajstić information content (AvgIpc) is 3.13. The third-order valence-corrected chi connectivity index (χ3v) is 4.59. The van der Waals surface area contributed by atoms with Gasteiger partial charge >= 0.3 is 0 Å². The molecule has 0 amide bonds. The maximum absolute atomic E-state index is 10.7. The number of benzene rings is 2. The highest BCUT2D eigenvalue weighted by Crippen LogP contribution is 2.32. The van der Waals surface area contributed by atoms with Gasteiger partial charge in [-0.05, 0) is 49.2 Å². The van der Waals surface area contributed by atoms with Crippen LogP contribution in [0.15, 0.2) is 48.5 Å². The first kappa shape index (κ1) is 17.4. The molecule has 1 N–H and O–H groups in total. The molecule has 0 saturated carbocycles. The third kappa shape index (κ3) is 3.81. The number of anilines is 1. The summed E-state index contributed by atoms with van der Waals surface area (Å²) < 4.78 is 6.09. The van der Waals surface area contributed by atoms with E-state index in [0.717, 1.165) is 24.2 Å². The predicted octanol–water partition coefficient (Wildman–Crippen LogP) is 3.80. The van der Waals surface area contributed by atoms with Gasteiger partial charge in [-0.3, -0.25) is 15.4 Å². The topological polar surface area (TPSA) is 67.6 Å². The zero-order valence-electron chi connectivity index (χ0n) is 14.5. The number of nitro benzene ring substituents is 1. The summed E-state index contributed by atoms with van der Waals surface area (Å²) in [5, 5.41) is 14.1. The van der Waals surface area contributed by atoms with Crippen LogP contribution in [0.5, 0.6) is 0 Å². The van der Waals surface area contributed by atoms with Crippen molar-refractivity contribution in [2.75, 3.05) is 24.5 Å². The number of ether oxygens (including phenoxy) is 1. The van der Waals surface area contributed by atoms with Crippen LogP contribution in [0.1, 0.15) is 37.3 Å². The molecule has 0 bridgehead atoms. The molecule has 6 heteroatoms. The Morgan fingerprint density at radius 1 is 1.08 bits per heavy atom. The largest absolute Gasteiger partial charge is 0.372 e. The van der Waals surface area contributed by atoms with E-state index in [9.17, 15) is 10.1 Å². The molecule has 3 rings (SSSR count). The van der Waals surface area contributed by atoms with Crippen molar-refractivity contribution >= 4 is 11.4 Å². The van der Waals surface area contributed by atoms with Crippen LogP contribution in [0, 0.1) is 10.1 Å². The van der Waals surface area contributed by atoms with Crippen LogP contribution in [0.25, 0.3) is 0 Å². The molecule has 0 radical (unpaired) electrons. The standard InChI is InChI=1S/C19H23N3O3/c1-3-21(4-2)16-9-7-15(8-10-16)19-20-13-18(25-19)14-5-11-17(12-6-14)22(23)24/h5-12,18-20H,3-4,13H2,1-2H3/t18-,19-/m1/s1. The van der Waals surface area contributed by atoms with E-state index in [1.807, 2.05) is 0 Å². The van der Waals surface area contributed by atoms with Gasteiger partial charge in [-0.2, -0.15) is 0 Å². The van der Waals surface area contributed by atoms with Gasteiger partial charge in [0.15, 0.2) is 0 Å². The van der Waals surface area contributed by atoms with Gasteiger partial charge in [0.25, 0.3) is 5.69 Å². The highest BCUT2D eigenvalue weighted by Gasteiger charge is 2.27. The molecule has 25 heavy (non-hydrogen) atoms. The average molecular weight is 341 g/mol. The smallest absolute Gasteiger partial charge is 0.269 e. The number of non-ortho nitro benzene ring substituents is 1. The number of hydrogen-bond acceptors (Lipinski definition) is 5. The summed E-state index contributed by atoms with van der Waals surface area (Å²) >= 11 is 0. The lowest BCUT2D eigenvalue weighted by molar-refractivity contribution is -0.384. The fourth-order valence-electron chi connectivity index (χ4n) is 3.13. The Morgan fingerprint density at radius 2 is 1.68 bits per heavy atom. The minimum Gasteiger partial charge on any atom is -0.372 e. The molecule has 2 aromatic rings. The Kier molecular flexibility index (Phi) is 5.31. The third-order valence-electron chi connectivity index (χ3n) is 4.59. The van der Waals surface area contributed by atoms with Crippen molar-refractivity contribution in [1.82, 2.24) is 5.32 Å². The van der Waals surface area contributed by atoms with Crippen molar-refractivity contribution in [2.45, 2.75) is 26.2 Å². The number of rotatable bonds is 6. The molecule has 1 heterocycles. The van der Waals surface area contributed by atoms with Crippen molar-refractivity contribution in [3.8, 4) is 0 Å². The molecule has 2 aromatic carbocycles. The Labute approximate surface area is 147 Å². The van der Waals surface area contributed by atoms with Gasteiger partial charge in [0, 0.05) is 37.5 Å². The van der Waals surface area contributed by atoms with E-state index < -0.39 is 4.92 Å². The summed E-state index contributed by atoms with van der Waals surface area (Å²) in [6.45, 7) is 6.94. The second kappa shape index (κ2) is 7.63. The van der Waals surface area contributed by atoms with E-state index in [4.69, 9.17) is 4.74 Å². The molecule has 1 saturated heterocycles. The Hall–Kier alpha value is -2.44. The highest BCUT2D eigenvalue weighted by atomic mass is 16.6. The van der Waals surface area contributed by atoms with Gasteiger partial charge in [-0.1, -0.05) is 12.1 Å². The minimum absolute atomic E-state index is 0.0956. The molecule has 0 aromatic heterocycles. The SMILES string of the molecule is CCN(CC)c1ccc([C@@H]2NC[C@H](c3ccc([N+](=O)[O-])cc3)O2)cc1. The lowest BCUT2D eigenvalue weighted by Gasteiger charge is -2.21. The van der Waals surface area contributed by atoms with Gasteiger partial charge in [0.05, 0.1) is 11.0 Å². The number of hydrogen-bond donors (Lipinski definition) is 1. The van der Waals surface area contributed by atoms with Crippen molar-refractivity contribution in [3.05, 3.63) is 69.8 Å². The minimum atomic E-state index is -0.391. The normalized spacial score (nSPS) is 19.8. The van der Waals surface area contributed by atoms with E-state index >= 15 is 0 Å². The van der Waals surface area contributed by atoms with Gasteiger partial charge < -0.3 is 9.64 Å². The summed E-state index contributed by atoms with van der Waals surface area (Å²) in [5.41, 5.74) is 3.33. The second-order valence-electron chi connectivity index (χ2n) is 6.03. The molecule has 1 fully saturated rings. The fraction of sp³-hybridized carbons (Fsp3) is 0.368. The summed E-state index contributed by atoms with van der Waals surface area (Å²) in [6, 6.07) is 15.0. The van der Waals surface area contributed by atoms with Crippen molar-refractivity contribution in [3.63, 3.8) is 0 Å². The molecular formula is C19H23N3O3. The molecule has 0 aliphatic carbocycles. The number of nitro groups is 1. The lowest BCUT2D eigenvalue weighted by atomic mass is 10.1. The Morgan fingerprint density at radius 3 is 2.24 bits per heavy atom. The van der Waals surface area contributed by atoms with Crippen LogP contribution < -0.4 is 10.2 Å². The van der Waals surface area contributed by atoms with Crippen molar-refractivity contribution in [2.24, 2.45) is 0 Å². The van der Waals surface area contributed by atoms with E-state index in [1.165, 1.54) is 17.8 Å². The van der Waals surface area contributed by atoms with Crippen molar-refractivity contribution in [1.29, 1.82) is 0 Å². The van der Waals surface area contributed by atoms with Crippen LogP contribution in [-0.4, -0.2) is 24.6 Å². The number of nitrogens with one attached hydrogen (secondary N) is 1. The second-order valence-corrected chi connectivity index (χ2v) is 6.03. The monoisotopic (exact) mass is 341 g/mol. The highest BCUT2D eigenvalue weighted by molar-refractivity contribution is 5.47. The van der Waals surface area contributed by atoms with Gasteiger partial charge in [0.2, 0.25) is 0 Å². The van der Waals surface area contributed by atoms with Crippen molar-refractivity contribution < 1.29 is 9.66 Å². The lowest BCUT2D eigenvalue weighted by Crippen LogP contribution is -2.21. The Bertz CT molecular complexity index is 712. The van der Waals surface area contributed by atoms with Gasteiger partial charge in [0.1, 0.15) is 6.23 Å². The first-order valence-electron chi connectivity index (χ1n) is 8.60. The zero-order chi connectivity index (χ0) is 17.8. The molecular weight excluding hydrogens is 318 g/mol. The summed E-state index contributed by atoms with van der Waals surface area (Å²) in [6.07, 6.45) is -0.265. The van der Waals surface area contributed by atoms with Gasteiger partial charge in [-0.15, -0.1) is 0 Å². The van der Waals surface area contributed by atoms with E-state index in [-0.39, 0.29) is 18.0 Å². The molecule has 2 atom stereocenters. The molecule has 132 valence electrons. The predicted molar refractivity (Wildman–Crippen MR) is 97.7 cm³/mol. The van der Waals surface area contributed by atoms with Crippen LogP contribution >= 0.6 is 0 Å². The van der Waals surface area contributed by atoms with E-state index in [1.54, 1.807) is 12.1 Å². The zero-order valence-corrected chi connectivity index (χ0v) is 14.5. The first-order valence-corrected chi connectivity index (χ1v) is 8.60. The van der Waals surface area contributed by atoms with Crippen LogP contribution in [-0.2, 0) is 4.74 Å². The van der Waals surface area contributed by atoms with Crippen LogP contribution in [0.2, 0.25) is 0 Å². The van der Waals surface area contributed by atoms with Crippen LogP contribution in [0.3, 0.4) is 0 Å². The molecule has 6 nitrogen and oxygen atoms in total. The molecule has 0 unspecified atom stereocenters. The fourth-order valence-corrected chi connectivity index (χ4v) is 3.13. The molecule has 1 aliphatic heterocycles. The maximum Gasteiger partial charge on any atom is 0.269 e. The van der Waals surface area contributed by atoms with Crippen LogP contribution in [0.4, 0.5) is 11.4 Å². The molecule has 0 spiro atoms. The first-order chi connectivity index (χ1) is 12.1. The quantitative estimate of drug-likeness (QED) is 0.639. The number of nitrogens with zero attached hydrogens (tertiary/aromatic N) is 2. The summed E-state index contributed by atoms with van der Waals surface area (Å²) in [7, 11) is 0. The molecule has 1 aliphatic rings. The van der Waals surface area contributed by atoms with E-state index in [0.29, 0.717) is 6.54 Å². The van der Waals surface area contributed by atoms with Gasteiger partial charge in [-0.25, -0.2) is 0 Å².